The number of hydrogen-bond donors (Lipinski definition) is 4. The Morgan fingerprint density at radius 1 is 0.380 bits per heavy atom. The fourth-order valence-electron chi connectivity index (χ4n) is 17.5. The number of piperidine rings is 2. The van der Waals surface area contributed by atoms with Crippen LogP contribution in [0, 0.1) is 5.92 Å². The molecule has 19 heterocycles. The van der Waals surface area contributed by atoms with E-state index >= 15 is 0 Å². The van der Waals surface area contributed by atoms with Gasteiger partial charge in [0.05, 0.1) is 46.1 Å². The van der Waals surface area contributed by atoms with Gasteiger partial charge in [-0.05, 0) is 108 Å². The number of amides is 2. The number of ketones is 1. The van der Waals surface area contributed by atoms with Crippen LogP contribution in [0.15, 0.2) is 301 Å². The van der Waals surface area contributed by atoms with E-state index in [-0.39, 0.29) is 24.3 Å². The summed E-state index contributed by atoms with van der Waals surface area (Å²) in [6.45, 7) is 11.2. The van der Waals surface area contributed by atoms with Crippen LogP contribution in [-0.2, 0) is 19.1 Å². The van der Waals surface area contributed by atoms with Crippen LogP contribution >= 0.6 is 56.7 Å². The number of aromatic nitrogens is 15. The smallest absolute Gasteiger partial charge is 0.222 e. The maximum absolute atomic E-state index is 11.9. The van der Waals surface area contributed by atoms with Gasteiger partial charge in [-0.2, -0.15) is 0 Å². The number of primary amides is 1. The number of carbonyl (C=O) groups excluding carboxylic acids is 3. The van der Waals surface area contributed by atoms with E-state index in [9.17, 15) is 14.4 Å². The van der Waals surface area contributed by atoms with E-state index in [1.807, 2.05) is 175 Å². The van der Waals surface area contributed by atoms with Crippen molar-refractivity contribution in [2.75, 3.05) is 117 Å². The fourth-order valence-corrected chi connectivity index (χ4v) is 22.2. The first-order valence-corrected chi connectivity index (χ1v) is 51.4. The zero-order valence-corrected chi connectivity index (χ0v) is 81.6. The number of Topliss-reactive ketones (excluding diaryl/α,β-unsaturated/α-hetero) is 1. The number of nitrogens with zero attached hydrogens (tertiary/aromatic N) is 20. The van der Waals surface area contributed by atoms with Crippen LogP contribution in [0.4, 0.5) is 29.1 Å². The van der Waals surface area contributed by atoms with Gasteiger partial charge < -0.3 is 45.9 Å². The molecule has 708 valence electrons. The largest absolute Gasteiger partial charge is 0.396 e. The summed E-state index contributed by atoms with van der Waals surface area (Å²) in [5.41, 5.74) is 24.3. The summed E-state index contributed by atoms with van der Waals surface area (Å²) in [5.74, 6) is 7.39. The average molecular weight is 1970 g/mol. The number of aliphatic hydroxyl groups is 1. The number of ether oxygens (including phenoxy) is 1. The number of nitrogens with two attached hydrogens (primary N) is 1. The molecule has 0 spiro atoms. The number of anilines is 5. The van der Waals surface area contributed by atoms with Gasteiger partial charge >= 0.3 is 0 Å². The number of hydrogen-bond acceptors (Lipinski definition) is 31. The Bertz CT molecular complexity index is 7700. The van der Waals surface area contributed by atoms with Gasteiger partial charge in [0, 0.05) is 184 Å². The number of thiophene rings is 5. The number of benzene rings is 5. The zero-order chi connectivity index (χ0) is 96.5. The van der Waals surface area contributed by atoms with Gasteiger partial charge in [-0.15, -0.1) is 56.7 Å². The fraction of sp³-hybridized carbons (Fsp3) is 0.193. The van der Waals surface area contributed by atoms with Gasteiger partial charge in [-0.25, -0.2) is 54.8 Å². The van der Waals surface area contributed by atoms with Crippen molar-refractivity contribution in [3.63, 3.8) is 0 Å². The van der Waals surface area contributed by atoms with Crippen molar-refractivity contribution in [1.82, 2.24) is 84.7 Å². The zero-order valence-electron chi connectivity index (χ0n) is 77.5. The Balaban J connectivity index is 0.000000109. The van der Waals surface area contributed by atoms with Gasteiger partial charge in [0.15, 0.2) is 34.9 Å². The molecule has 5 aromatic carbocycles. The lowest BCUT2D eigenvalue weighted by Crippen LogP contribution is -2.48. The van der Waals surface area contributed by atoms with Crippen LogP contribution in [0.2, 0.25) is 0 Å². The Morgan fingerprint density at radius 3 is 1.05 bits per heavy atom. The predicted molar refractivity (Wildman–Crippen MR) is 572 cm³/mol. The normalized spacial score (nSPS) is 14.4. The Morgan fingerprint density at radius 2 is 0.704 bits per heavy atom. The molecule has 0 aliphatic carbocycles. The van der Waals surface area contributed by atoms with Crippen LogP contribution in [0.3, 0.4) is 0 Å². The molecule has 4 aliphatic rings. The Kier molecular flexibility index (Phi) is 29.7. The first-order valence-electron chi connectivity index (χ1n) is 47.0. The minimum atomic E-state index is -0.247. The third-order valence-corrected chi connectivity index (χ3v) is 29.0. The van der Waals surface area contributed by atoms with E-state index in [1.54, 1.807) is 94.6 Å². The summed E-state index contributed by atoms with van der Waals surface area (Å²) < 4.78 is 5.47. The molecule has 0 bridgehead atoms. The number of hydrazine groups is 1. The lowest BCUT2D eigenvalue weighted by Gasteiger charge is -2.35. The predicted octanol–water partition coefficient (Wildman–Crippen LogP) is 21.1. The number of carbonyl (C=O) groups is 3. The molecule has 0 radical (unpaired) electrons. The minimum Gasteiger partial charge on any atom is -0.396 e. The summed E-state index contributed by atoms with van der Waals surface area (Å²) >= 11 is 8.10. The number of fused-ring (bicyclic) bond motifs is 5. The van der Waals surface area contributed by atoms with Crippen LogP contribution < -0.4 is 31.2 Å². The first-order chi connectivity index (χ1) is 69.9. The van der Waals surface area contributed by atoms with Crippen LogP contribution in [0.1, 0.15) is 39.0 Å². The maximum atomic E-state index is 11.9. The van der Waals surface area contributed by atoms with Gasteiger partial charge in [0.1, 0.15) is 81.7 Å². The molecule has 28 nitrogen and oxygen atoms in total. The average Bonchev–Trinajstić information content (AvgIpc) is 1.60. The highest BCUT2D eigenvalue weighted by Crippen LogP contribution is 2.46. The van der Waals surface area contributed by atoms with Crippen molar-refractivity contribution in [1.29, 1.82) is 0 Å². The van der Waals surface area contributed by atoms with Crippen LogP contribution in [0.5, 0.6) is 0 Å². The molecule has 20 aromatic rings. The summed E-state index contributed by atoms with van der Waals surface area (Å²) in [5, 5.41) is 30.5. The highest BCUT2D eigenvalue weighted by molar-refractivity contribution is 7.19. The Hall–Kier alpha value is -15.5. The number of morpholine rings is 1. The maximum Gasteiger partial charge on any atom is 0.222 e. The molecule has 4 aliphatic heterocycles. The molecule has 1 atom stereocenters. The standard InChI is InChI=1S/2C23H21N5OS.C22H18N4OS.C21H19N5OS.C20H18N4OS/c1-16(29)27-11-13-28(14-12-27)22-20-18(17-7-3-2-4-8-17)15-30-23(20)26-21(25-22)19-9-5-6-10-24-19;24-20(29)16-9-6-12-28(13-16)22-19-17(15-7-2-1-3-8-15)14-30-23(19)27-21(26-22)18-10-4-5-11-25-18;27-16-9-12-26(13-10-16)21-19-17(15-6-2-1-3-7-15)14-28-22(19)25-20(24-21)18-8-4-5-11-23-18;1-2-6-15(7-3-1)16-14-28-21-18(16)20(25-26-10-12-27-13-11-26)23-19(24-21)17-8-4-5-9-22-17;25-12-6-11-22-19-17-15(14-7-2-1-3-8-14)13-26-20(17)24-18(23-19)16-9-4-5-10-21-16/h2-10,15H,11-14H2,1H3;1-5,7-8,10-11,14,16H,6,9,12-13H2,(H2,24,29);1-8,11,14H,9-10,12-13H2;1-9,14H,10-13H2,(H,23,24,25);1-5,7-10,13,25H,6,11-12H2,(H,22,23,24). The SMILES string of the molecule is CC(=O)N1CCN(c2nc(-c3ccccn3)nc3scc(-c4ccccc4)c23)CC1.NC(=O)C1CCCN(c2nc(-c3ccccn3)nc3scc(-c4ccccc4)c23)C1.O=C1CCN(c2nc(-c3ccccn3)nc3scc(-c4ccccc4)c23)CC1.OCCCNc1nc(-c2ccccn2)nc2scc(-c3ccccc3)c12.c1ccc(-c2csc3nc(-c4ccccn4)nc(NN4CCOCC4)c23)cc1. The van der Waals surface area contributed by atoms with Crippen molar-refractivity contribution in [2.45, 2.75) is 39.0 Å². The number of rotatable bonds is 20. The topological polar surface area (TPSA) is 340 Å². The van der Waals surface area contributed by atoms with E-state index in [1.165, 1.54) is 0 Å². The quantitative estimate of drug-likeness (QED) is 0.0515. The summed E-state index contributed by atoms with van der Waals surface area (Å²) in [6.07, 6.45) is 12.3. The van der Waals surface area contributed by atoms with E-state index in [4.69, 9.17) is 65.4 Å². The summed E-state index contributed by atoms with van der Waals surface area (Å²) in [4.78, 5) is 119. The van der Waals surface area contributed by atoms with E-state index in [0.717, 1.165) is 210 Å². The molecular weight excluding hydrogens is 1870 g/mol. The summed E-state index contributed by atoms with van der Waals surface area (Å²) in [7, 11) is 0. The second kappa shape index (κ2) is 44.8. The third kappa shape index (κ3) is 21.6. The van der Waals surface area contributed by atoms with E-state index < -0.39 is 0 Å². The lowest BCUT2D eigenvalue weighted by atomic mass is 9.97. The van der Waals surface area contributed by atoms with E-state index in [0.29, 0.717) is 107 Å². The number of piperazine rings is 1. The molecule has 33 heteroatoms. The number of nitrogens with one attached hydrogen (secondary N) is 2. The van der Waals surface area contributed by atoms with Gasteiger partial charge in [-0.3, -0.25) is 39.3 Å². The van der Waals surface area contributed by atoms with Crippen LogP contribution in [0.25, 0.3) is 164 Å². The molecule has 142 heavy (non-hydrogen) atoms. The Labute approximate surface area is 838 Å². The molecule has 4 fully saturated rings. The third-order valence-electron chi connectivity index (χ3n) is 24.7. The van der Waals surface area contributed by atoms with E-state index in [2.05, 4.69) is 155 Å². The van der Waals surface area contributed by atoms with Gasteiger partial charge in [0.2, 0.25) is 11.8 Å². The van der Waals surface area contributed by atoms with Gasteiger partial charge in [0.25, 0.3) is 0 Å². The molecule has 2 amide bonds. The van der Waals surface area contributed by atoms with Crippen LogP contribution in [-0.4, -0.2) is 199 Å². The molecule has 24 rings (SSSR count). The summed E-state index contributed by atoms with van der Waals surface area (Å²) in [6, 6.07) is 80.3. The molecular formula is C109H97N23O5S5. The second-order valence-electron chi connectivity index (χ2n) is 33.9. The molecule has 15 aromatic heterocycles. The van der Waals surface area contributed by atoms with Crippen molar-refractivity contribution >= 4 is 154 Å². The second-order valence-corrected chi connectivity index (χ2v) is 38.2. The minimum absolute atomic E-state index is 0.122. The monoisotopic (exact) mass is 1970 g/mol. The molecule has 4 saturated heterocycles. The lowest BCUT2D eigenvalue weighted by molar-refractivity contribution is -0.129. The van der Waals surface area contributed by atoms with Crippen molar-refractivity contribution < 1.29 is 24.2 Å². The van der Waals surface area contributed by atoms with Gasteiger partial charge in [-0.1, -0.05) is 182 Å². The molecule has 5 N–H and O–H groups in total. The van der Waals surface area contributed by atoms with Crippen molar-refractivity contribution in [3.8, 4) is 113 Å². The highest BCUT2D eigenvalue weighted by Gasteiger charge is 2.32. The van der Waals surface area contributed by atoms with Crippen molar-refractivity contribution in [2.24, 2.45) is 11.7 Å². The first kappa shape index (κ1) is 94.2. The highest BCUT2D eigenvalue weighted by atomic mass is 32.1. The molecule has 1 unspecified atom stereocenters. The van der Waals surface area contributed by atoms with Crippen molar-refractivity contribution in [3.05, 3.63) is 301 Å². The number of pyridine rings is 5. The number of aliphatic hydroxyl groups excluding tert-OH is 1. The molecule has 0 saturated carbocycles.